The molecule has 0 N–H and O–H groups in total. The van der Waals surface area contributed by atoms with Gasteiger partial charge in [0, 0.05) is 10.9 Å². The average molecular weight is 451 g/mol. The lowest BCUT2D eigenvalue weighted by atomic mass is 9.84. The molecule has 7 nitrogen and oxygen atoms in total. The molecule has 0 unspecified atom stereocenters. The van der Waals surface area contributed by atoms with Gasteiger partial charge in [-0.1, -0.05) is 55.7 Å². The van der Waals surface area contributed by atoms with Crippen molar-refractivity contribution in [3.05, 3.63) is 80.2 Å². The summed E-state index contributed by atoms with van der Waals surface area (Å²) in [6.45, 7) is 6.35. The first-order chi connectivity index (χ1) is 15.5. The number of furan rings is 1. The fourth-order valence-corrected chi connectivity index (χ4v) is 4.74. The first-order valence-corrected chi connectivity index (χ1v) is 11.6. The van der Waals surface area contributed by atoms with Crippen LogP contribution in [0.5, 0.6) is 0 Å². The largest absolute Gasteiger partial charge is 0.433 e. The Labute approximate surface area is 190 Å². The second kappa shape index (κ2) is 9.91. The Morgan fingerprint density at radius 1 is 1.25 bits per heavy atom. The van der Waals surface area contributed by atoms with Gasteiger partial charge in [-0.2, -0.15) is 5.10 Å². The van der Waals surface area contributed by atoms with Crippen LogP contribution in [0.1, 0.15) is 56.3 Å². The zero-order valence-electron chi connectivity index (χ0n) is 18.1. The lowest BCUT2D eigenvalue weighted by Gasteiger charge is -2.22. The van der Waals surface area contributed by atoms with Crippen molar-refractivity contribution in [3.63, 3.8) is 0 Å². The van der Waals surface area contributed by atoms with Gasteiger partial charge in [-0.25, -0.2) is 4.68 Å². The molecular weight excluding hydrogens is 424 g/mol. The number of thiazole rings is 1. The van der Waals surface area contributed by atoms with Crippen LogP contribution in [0, 0.1) is 10.1 Å². The van der Waals surface area contributed by atoms with Crippen LogP contribution in [0.15, 0.2) is 68.4 Å². The predicted octanol–water partition coefficient (Wildman–Crippen LogP) is 6.12. The molecule has 0 spiro atoms. The summed E-state index contributed by atoms with van der Waals surface area (Å²) >= 11 is 1.49. The summed E-state index contributed by atoms with van der Waals surface area (Å²) in [5, 5.41) is 17.4. The van der Waals surface area contributed by atoms with Gasteiger partial charge in [0.1, 0.15) is 4.92 Å². The van der Waals surface area contributed by atoms with E-state index in [1.165, 1.54) is 67.4 Å². The van der Waals surface area contributed by atoms with E-state index in [-0.39, 0.29) is 5.88 Å². The number of nitrogens with zero attached hydrogens (tertiary/aromatic N) is 4. The van der Waals surface area contributed by atoms with E-state index in [2.05, 4.69) is 40.9 Å². The van der Waals surface area contributed by atoms with E-state index in [4.69, 9.17) is 4.42 Å². The molecule has 2 heterocycles. The monoisotopic (exact) mass is 450 g/mol. The molecule has 2 aromatic heterocycles. The lowest BCUT2D eigenvalue weighted by Crippen LogP contribution is -2.13. The molecule has 32 heavy (non-hydrogen) atoms. The van der Waals surface area contributed by atoms with E-state index in [1.807, 2.05) is 12.3 Å². The Hall–Kier alpha value is -3.26. The Balaban J connectivity index is 1.67. The molecule has 1 aliphatic rings. The Bertz CT molecular complexity index is 1190. The van der Waals surface area contributed by atoms with Crippen LogP contribution >= 0.6 is 11.3 Å². The third-order valence-corrected chi connectivity index (χ3v) is 6.40. The van der Waals surface area contributed by atoms with Crippen molar-refractivity contribution in [2.24, 2.45) is 10.1 Å². The van der Waals surface area contributed by atoms with Gasteiger partial charge in [0.15, 0.2) is 5.76 Å². The third-order valence-electron chi connectivity index (χ3n) is 5.55. The van der Waals surface area contributed by atoms with Crippen LogP contribution in [0.25, 0.3) is 11.3 Å². The van der Waals surface area contributed by atoms with Crippen LogP contribution in [0.4, 0.5) is 5.88 Å². The van der Waals surface area contributed by atoms with Crippen LogP contribution in [-0.2, 0) is 0 Å². The highest BCUT2D eigenvalue weighted by molar-refractivity contribution is 7.07. The number of benzene rings is 1. The number of hydrogen-bond donors (Lipinski definition) is 0. The van der Waals surface area contributed by atoms with Gasteiger partial charge in [0.25, 0.3) is 0 Å². The first kappa shape index (κ1) is 22.0. The molecule has 0 aliphatic heterocycles. The minimum Gasteiger partial charge on any atom is -0.400 e. The molecule has 1 aliphatic carbocycles. The Morgan fingerprint density at radius 2 is 2.00 bits per heavy atom. The van der Waals surface area contributed by atoms with Crippen LogP contribution in [0.3, 0.4) is 0 Å². The van der Waals surface area contributed by atoms with E-state index in [0.29, 0.717) is 18.2 Å². The number of hydrogen-bond acceptors (Lipinski definition) is 6. The molecular formula is C24H26N4O3S. The Morgan fingerprint density at radius 3 is 2.66 bits per heavy atom. The second-order valence-electron chi connectivity index (χ2n) is 8.12. The van der Waals surface area contributed by atoms with Crippen molar-refractivity contribution in [2.75, 3.05) is 6.54 Å². The van der Waals surface area contributed by atoms with E-state index in [9.17, 15) is 10.1 Å². The van der Waals surface area contributed by atoms with Gasteiger partial charge in [0.2, 0.25) is 4.80 Å². The SMILES string of the molecule is C=C(C)CN=c1scc(-c2ccc(C3CCCCC3)cc2)n1N=Cc1ccc([N+](=O)[O-])o1. The molecule has 0 radical (unpaired) electrons. The quantitative estimate of drug-likeness (QED) is 0.188. The van der Waals surface area contributed by atoms with Gasteiger partial charge in [-0.3, -0.25) is 15.1 Å². The van der Waals surface area contributed by atoms with Crippen LogP contribution in [0.2, 0.25) is 0 Å². The predicted molar refractivity (Wildman–Crippen MR) is 127 cm³/mol. The normalized spacial score (nSPS) is 15.5. The summed E-state index contributed by atoms with van der Waals surface area (Å²) in [6, 6.07) is 11.6. The number of rotatable bonds is 7. The standard InChI is InChI=1S/C24H26N4O3S/c1-17(2)14-25-24-27(26-15-21-12-13-23(31-21)28(29)30)22(16-32-24)20-10-8-19(9-11-20)18-6-4-3-5-7-18/h8-13,15-16,18H,1,3-7,14H2,2H3. The fraction of sp³-hybridized carbons (Fsp3) is 0.333. The summed E-state index contributed by atoms with van der Waals surface area (Å²) in [5.74, 6) is 0.647. The smallest absolute Gasteiger partial charge is 0.400 e. The van der Waals surface area contributed by atoms with E-state index in [0.717, 1.165) is 21.6 Å². The number of nitro groups is 1. The maximum Gasteiger partial charge on any atom is 0.433 e. The molecule has 0 saturated heterocycles. The van der Waals surface area contributed by atoms with Gasteiger partial charge < -0.3 is 4.42 Å². The molecule has 1 aromatic carbocycles. The van der Waals surface area contributed by atoms with E-state index >= 15 is 0 Å². The molecule has 166 valence electrons. The molecule has 0 amide bonds. The summed E-state index contributed by atoms with van der Waals surface area (Å²) in [6.07, 6.45) is 7.97. The molecule has 1 saturated carbocycles. The minimum atomic E-state index is -0.567. The molecule has 3 aromatic rings. The van der Waals surface area contributed by atoms with Crippen molar-refractivity contribution >= 4 is 23.4 Å². The summed E-state index contributed by atoms with van der Waals surface area (Å²) in [7, 11) is 0. The molecule has 0 bridgehead atoms. The highest BCUT2D eigenvalue weighted by Crippen LogP contribution is 2.33. The summed E-state index contributed by atoms with van der Waals surface area (Å²) < 4.78 is 6.95. The zero-order valence-corrected chi connectivity index (χ0v) is 18.9. The number of aromatic nitrogens is 1. The highest BCUT2D eigenvalue weighted by atomic mass is 32.1. The van der Waals surface area contributed by atoms with Crippen LogP contribution < -0.4 is 4.80 Å². The molecule has 8 heteroatoms. The molecule has 4 rings (SSSR count). The maximum atomic E-state index is 10.9. The van der Waals surface area contributed by atoms with Crippen molar-refractivity contribution in [2.45, 2.75) is 44.9 Å². The van der Waals surface area contributed by atoms with Gasteiger partial charge in [0.05, 0.1) is 24.5 Å². The average Bonchev–Trinajstić information content (AvgIpc) is 3.44. The van der Waals surface area contributed by atoms with Gasteiger partial charge in [-0.05, 0) is 37.3 Å². The van der Waals surface area contributed by atoms with Crippen molar-refractivity contribution in [3.8, 4) is 11.3 Å². The second-order valence-corrected chi connectivity index (χ2v) is 8.96. The molecule has 0 atom stereocenters. The fourth-order valence-electron chi connectivity index (χ4n) is 3.91. The maximum absolute atomic E-state index is 10.9. The summed E-state index contributed by atoms with van der Waals surface area (Å²) in [4.78, 5) is 15.6. The van der Waals surface area contributed by atoms with Gasteiger partial charge >= 0.3 is 5.88 Å². The lowest BCUT2D eigenvalue weighted by molar-refractivity contribution is -0.402. The van der Waals surface area contributed by atoms with Crippen molar-refractivity contribution in [1.82, 2.24) is 4.68 Å². The zero-order chi connectivity index (χ0) is 22.5. The van der Waals surface area contributed by atoms with Crippen LogP contribution in [-0.4, -0.2) is 22.4 Å². The minimum absolute atomic E-state index is 0.305. The molecule has 1 fully saturated rings. The third kappa shape index (κ3) is 5.13. The Kier molecular flexibility index (Phi) is 6.80. The van der Waals surface area contributed by atoms with Crippen molar-refractivity contribution in [1.29, 1.82) is 0 Å². The van der Waals surface area contributed by atoms with E-state index < -0.39 is 4.92 Å². The van der Waals surface area contributed by atoms with Crippen molar-refractivity contribution < 1.29 is 9.34 Å². The van der Waals surface area contributed by atoms with E-state index in [1.54, 1.807) is 4.68 Å². The highest BCUT2D eigenvalue weighted by Gasteiger charge is 2.16. The summed E-state index contributed by atoms with van der Waals surface area (Å²) in [5.41, 5.74) is 4.30. The topological polar surface area (TPSA) is 85.9 Å². The van der Waals surface area contributed by atoms with Gasteiger partial charge in [-0.15, -0.1) is 11.3 Å². The first-order valence-electron chi connectivity index (χ1n) is 10.8.